The van der Waals surface area contributed by atoms with Crippen molar-refractivity contribution in [3.63, 3.8) is 0 Å². The molecule has 0 unspecified atom stereocenters. The van der Waals surface area contributed by atoms with E-state index in [0.29, 0.717) is 5.88 Å². The van der Waals surface area contributed by atoms with Crippen LogP contribution in [0.1, 0.15) is 32.1 Å². The van der Waals surface area contributed by atoms with Crippen molar-refractivity contribution in [1.29, 1.82) is 0 Å². The van der Waals surface area contributed by atoms with Crippen LogP contribution in [0.15, 0.2) is 12.3 Å². The summed E-state index contributed by atoms with van der Waals surface area (Å²) >= 11 is 0. The van der Waals surface area contributed by atoms with Crippen LogP contribution in [0.2, 0.25) is 0 Å². The fourth-order valence-corrected chi connectivity index (χ4v) is 3.49. The topological polar surface area (TPSA) is 61.7 Å². The molecule has 2 heterocycles. The molecule has 0 radical (unpaired) electrons. The first-order chi connectivity index (χ1) is 10.7. The van der Waals surface area contributed by atoms with Gasteiger partial charge in [-0.05, 0) is 12.8 Å². The molecular weight excluding hydrogens is 280 g/mol. The predicted molar refractivity (Wildman–Crippen MR) is 85.3 cm³/mol. The molecule has 6 nitrogen and oxygen atoms in total. The molecule has 1 aliphatic carbocycles. The van der Waals surface area contributed by atoms with Crippen LogP contribution in [-0.4, -0.2) is 65.4 Å². The zero-order valence-electron chi connectivity index (χ0n) is 13.4. The molecule has 6 heteroatoms. The standard InChI is InChI=1S/C16H26N4O2/c1-22-14-5-8-17-15(18-14)20-11-9-19(10-12-20)13-16(21)6-3-2-4-7-16/h5,8,21H,2-4,6-7,9-13H2,1H3. The zero-order valence-corrected chi connectivity index (χ0v) is 13.4. The van der Waals surface area contributed by atoms with Gasteiger partial charge in [0.15, 0.2) is 0 Å². The average Bonchev–Trinajstić information content (AvgIpc) is 2.56. The normalized spacial score (nSPS) is 22.5. The van der Waals surface area contributed by atoms with Crippen molar-refractivity contribution in [2.24, 2.45) is 0 Å². The maximum absolute atomic E-state index is 10.7. The van der Waals surface area contributed by atoms with Gasteiger partial charge in [0, 0.05) is 45.0 Å². The van der Waals surface area contributed by atoms with Gasteiger partial charge < -0.3 is 14.7 Å². The van der Waals surface area contributed by atoms with Gasteiger partial charge in [-0.2, -0.15) is 4.98 Å². The highest BCUT2D eigenvalue weighted by Gasteiger charge is 2.32. The van der Waals surface area contributed by atoms with Crippen molar-refractivity contribution < 1.29 is 9.84 Å². The van der Waals surface area contributed by atoms with Gasteiger partial charge in [0.25, 0.3) is 0 Å². The number of β-amino-alcohol motifs (C(OH)–C–C–N with tert-alkyl or cyclic N) is 1. The molecule has 0 bridgehead atoms. The second kappa shape index (κ2) is 6.79. The Kier molecular flexibility index (Phi) is 4.78. The first kappa shape index (κ1) is 15.5. The largest absolute Gasteiger partial charge is 0.481 e. The summed E-state index contributed by atoms with van der Waals surface area (Å²) in [6.45, 7) is 4.48. The Morgan fingerprint density at radius 1 is 1.18 bits per heavy atom. The number of methoxy groups -OCH3 is 1. The summed E-state index contributed by atoms with van der Waals surface area (Å²) in [5, 5.41) is 10.7. The molecule has 1 aromatic rings. The fourth-order valence-electron chi connectivity index (χ4n) is 3.49. The van der Waals surface area contributed by atoms with Crippen molar-refractivity contribution in [2.45, 2.75) is 37.7 Å². The lowest BCUT2D eigenvalue weighted by atomic mass is 9.84. The van der Waals surface area contributed by atoms with Crippen molar-refractivity contribution in [3.05, 3.63) is 12.3 Å². The highest BCUT2D eigenvalue weighted by molar-refractivity contribution is 5.32. The molecule has 0 spiro atoms. The number of rotatable bonds is 4. The van der Waals surface area contributed by atoms with Crippen molar-refractivity contribution in [2.75, 3.05) is 44.7 Å². The zero-order chi connectivity index (χ0) is 15.4. The number of nitrogens with zero attached hydrogens (tertiary/aromatic N) is 4. The number of hydrogen-bond donors (Lipinski definition) is 1. The molecule has 1 saturated carbocycles. The maximum atomic E-state index is 10.7. The van der Waals surface area contributed by atoms with E-state index < -0.39 is 5.60 Å². The Morgan fingerprint density at radius 3 is 2.59 bits per heavy atom. The first-order valence-corrected chi connectivity index (χ1v) is 8.25. The first-order valence-electron chi connectivity index (χ1n) is 8.25. The highest BCUT2D eigenvalue weighted by atomic mass is 16.5. The summed E-state index contributed by atoms with van der Waals surface area (Å²) in [5.74, 6) is 1.33. The highest BCUT2D eigenvalue weighted by Crippen LogP contribution is 2.29. The van der Waals surface area contributed by atoms with E-state index in [2.05, 4.69) is 19.8 Å². The lowest BCUT2D eigenvalue weighted by molar-refractivity contribution is -0.0271. The Hall–Kier alpha value is -1.40. The molecule has 0 amide bonds. The van der Waals surface area contributed by atoms with Crippen LogP contribution >= 0.6 is 0 Å². The minimum Gasteiger partial charge on any atom is -0.481 e. The molecule has 3 rings (SSSR count). The summed E-state index contributed by atoms with van der Waals surface area (Å²) in [6.07, 6.45) is 7.22. The van der Waals surface area contributed by atoms with Crippen LogP contribution in [0.25, 0.3) is 0 Å². The van der Waals surface area contributed by atoms with Crippen molar-refractivity contribution in [1.82, 2.24) is 14.9 Å². The van der Waals surface area contributed by atoms with Gasteiger partial charge in [-0.1, -0.05) is 19.3 Å². The molecule has 22 heavy (non-hydrogen) atoms. The van der Waals surface area contributed by atoms with Gasteiger partial charge in [-0.3, -0.25) is 4.90 Å². The fraction of sp³-hybridized carbons (Fsp3) is 0.750. The Labute approximate surface area is 132 Å². The second-order valence-corrected chi connectivity index (χ2v) is 6.45. The number of ether oxygens (including phenoxy) is 1. The third-order valence-corrected chi connectivity index (χ3v) is 4.78. The van der Waals surface area contributed by atoms with Gasteiger partial charge in [-0.15, -0.1) is 0 Å². The molecule has 1 aliphatic heterocycles. The van der Waals surface area contributed by atoms with Crippen molar-refractivity contribution in [3.8, 4) is 5.88 Å². The minimum absolute atomic E-state index is 0.465. The molecule has 2 aliphatic rings. The van der Waals surface area contributed by atoms with E-state index in [1.807, 2.05) is 0 Å². The van der Waals surface area contributed by atoms with Gasteiger partial charge in [0.05, 0.1) is 12.7 Å². The van der Waals surface area contributed by atoms with Gasteiger partial charge in [-0.25, -0.2) is 4.98 Å². The third-order valence-electron chi connectivity index (χ3n) is 4.78. The number of piperazine rings is 1. The molecule has 0 aromatic carbocycles. The van der Waals surface area contributed by atoms with Crippen LogP contribution < -0.4 is 9.64 Å². The summed E-state index contributed by atoms with van der Waals surface area (Å²) < 4.78 is 5.16. The Morgan fingerprint density at radius 2 is 1.91 bits per heavy atom. The monoisotopic (exact) mass is 306 g/mol. The summed E-state index contributed by atoms with van der Waals surface area (Å²) in [4.78, 5) is 13.3. The van der Waals surface area contributed by atoms with E-state index in [0.717, 1.165) is 64.4 Å². The van der Waals surface area contributed by atoms with Gasteiger partial charge in [0.2, 0.25) is 11.8 Å². The lowest BCUT2D eigenvalue weighted by Gasteiger charge is -2.41. The van der Waals surface area contributed by atoms with Crippen LogP contribution in [-0.2, 0) is 0 Å². The van der Waals surface area contributed by atoms with E-state index in [9.17, 15) is 5.11 Å². The number of hydrogen-bond acceptors (Lipinski definition) is 6. The van der Waals surface area contributed by atoms with Gasteiger partial charge >= 0.3 is 0 Å². The average molecular weight is 306 g/mol. The number of anilines is 1. The van der Waals surface area contributed by atoms with Crippen LogP contribution in [0, 0.1) is 0 Å². The smallest absolute Gasteiger partial charge is 0.228 e. The molecule has 1 aromatic heterocycles. The predicted octanol–water partition coefficient (Wildman–Crippen LogP) is 1.30. The van der Waals surface area contributed by atoms with Gasteiger partial charge in [0.1, 0.15) is 0 Å². The lowest BCUT2D eigenvalue weighted by Crippen LogP contribution is -2.52. The minimum atomic E-state index is -0.465. The quantitative estimate of drug-likeness (QED) is 0.905. The third kappa shape index (κ3) is 3.67. The van der Waals surface area contributed by atoms with E-state index in [1.165, 1.54) is 6.42 Å². The maximum Gasteiger partial charge on any atom is 0.228 e. The molecule has 0 atom stereocenters. The second-order valence-electron chi connectivity index (χ2n) is 6.45. The summed E-state index contributed by atoms with van der Waals surface area (Å²) in [6, 6.07) is 1.76. The molecule has 1 N–H and O–H groups in total. The van der Waals surface area contributed by atoms with E-state index in [1.54, 1.807) is 19.4 Å². The van der Waals surface area contributed by atoms with Crippen LogP contribution in [0.4, 0.5) is 5.95 Å². The van der Waals surface area contributed by atoms with E-state index in [-0.39, 0.29) is 0 Å². The molecule has 122 valence electrons. The summed E-state index contributed by atoms with van der Waals surface area (Å²) in [5.41, 5.74) is -0.465. The van der Waals surface area contributed by atoms with Crippen LogP contribution in [0.3, 0.4) is 0 Å². The van der Waals surface area contributed by atoms with Crippen molar-refractivity contribution >= 4 is 5.95 Å². The number of aromatic nitrogens is 2. The SMILES string of the molecule is COc1ccnc(N2CCN(CC3(O)CCCCC3)CC2)n1. The van der Waals surface area contributed by atoms with E-state index in [4.69, 9.17) is 4.74 Å². The van der Waals surface area contributed by atoms with Crippen LogP contribution in [0.5, 0.6) is 5.88 Å². The molecule has 2 fully saturated rings. The summed E-state index contributed by atoms with van der Waals surface area (Å²) in [7, 11) is 1.62. The number of aliphatic hydroxyl groups is 1. The Balaban J connectivity index is 1.53. The van der Waals surface area contributed by atoms with E-state index >= 15 is 0 Å². The molecule has 1 saturated heterocycles. The Bertz CT molecular complexity index is 483. The molecular formula is C16H26N4O2.